The SMILES string of the molecule is C=CC1C[N+]2(Cc3c4ccccc4cc4ccccc34)CCC1CC2[C@H](OC12CC3CC(CC(C3)C1)C2)c1ccnc2ccccc12. The molecule has 4 unspecified atom stereocenters. The zero-order valence-corrected chi connectivity index (χ0v) is 27.6. The number of pyridine rings is 1. The van der Waals surface area contributed by atoms with E-state index >= 15 is 0 Å². The van der Waals surface area contributed by atoms with Gasteiger partial charge in [0, 0.05) is 35.9 Å². The Hall–Kier alpha value is -3.53. The second kappa shape index (κ2) is 10.7. The van der Waals surface area contributed by atoms with E-state index in [1.165, 1.54) is 96.0 Å². The van der Waals surface area contributed by atoms with Crippen molar-refractivity contribution >= 4 is 32.4 Å². The number of nitrogens with zero attached hydrogens (tertiary/aromatic N) is 2. The van der Waals surface area contributed by atoms with Crippen molar-refractivity contribution in [3.8, 4) is 0 Å². The van der Waals surface area contributed by atoms with Crippen LogP contribution in [0, 0.1) is 29.6 Å². The fourth-order valence-electron chi connectivity index (χ4n) is 12.1. The molecule has 3 nitrogen and oxygen atoms in total. The Labute approximate surface area is 279 Å². The van der Waals surface area contributed by atoms with Crippen molar-refractivity contribution in [1.29, 1.82) is 0 Å². The second-order valence-electron chi connectivity index (χ2n) is 16.4. The van der Waals surface area contributed by atoms with Crippen LogP contribution in [-0.4, -0.2) is 34.2 Å². The smallest absolute Gasteiger partial charge is 0.136 e. The molecule has 3 saturated heterocycles. The standard InChI is InChI=1S/C44H47N2O/c1-2-32-27-46(28-40-36-11-5-3-9-34(36)22-35-10-4-6-12-37(35)40)18-16-33(32)23-42(46)43(39-15-17-45-41-14-8-7-13-38(39)41)47-44-24-29-19-30(25-44)21-31(20-29)26-44/h2-15,17,22,29-33,42-43H,1,16,18-21,23-28H2/q+1/t29?,30?,31?,32?,33?,42?,43-,44?,46?/m1/s1. The Bertz CT molecular complexity index is 1920. The molecule has 7 fully saturated rings. The van der Waals surface area contributed by atoms with E-state index in [9.17, 15) is 0 Å². The van der Waals surface area contributed by atoms with Gasteiger partial charge in [-0.2, -0.15) is 0 Å². The number of hydrogen-bond acceptors (Lipinski definition) is 2. The maximum absolute atomic E-state index is 7.97. The van der Waals surface area contributed by atoms with E-state index in [2.05, 4.69) is 104 Å². The molecule has 4 saturated carbocycles. The van der Waals surface area contributed by atoms with E-state index in [4.69, 9.17) is 9.72 Å². The van der Waals surface area contributed by atoms with Crippen molar-refractivity contribution in [2.24, 2.45) is 29.6 Å². The highest BCUT2D eigenvalue weighted by Crippen LogP contribution is 2.60. The lowest BCUT2D eigenvalue weighted by atomic mass is 9.54. The van der Waals surface area contributed by atoms with Gasteiger partial charge in [0.15, 0.2) is 0 Å². The van der Waals surface area contributed by atoms with E-state index < -0.39 is 0 Å². The summed E-state index contributed by atoms with van der Waals surface area (Å²) in [7, 11) is 0. The van der Waals surface area contributed by atoms with Gasteiger partial charge in [-0.25, -0.2) is 0 Å². The summed E-state index contributed by atoms with van der Waals surface area (Å²) in [5, 5.41) is 6.80. The van der Waals surface area contributed by atoms with Gasteiger partial charge in [-0.05, 0) is 108 Å². The lowest BCUT2D eigenvalue weighted by molar-refractivity contribution is -0.985. The van der Waals surface area contributed by atoms with Gasteiger partial charge in [0.05, 0.1) is 24.2 Å². The summed E-state index contributed by atoms with van der Waals surface area (Å²) in [5.41, 5.74) is 4.00. The van der Waals surface area contributed by atoms with Gasteiger partial charge in [-0.15, -0.1) is 6.58 Å². The molecule has 3 heteroatoms. The van der Waals surface area contributed by atoms with Gasteiger partial charge in [0.2, 0.25) is 0 Å². The molecule has 3 aliphatic heterocycles. The minimum absolute atomic E-state index is 0.0234. The van der Waals surface area contributed by atoms with Crippen LogP contribution in [-0.2, 0) is 11.3 Å². The topological polar surface area (TPSA) is 22.1 Å². The van der Waals surface area contributed by atoms with E-state index in [1.54, 1.807) is 0 Å². The average molecular weight is 620 g/mol. The molecule has 0 N–H and O–H groups in total. The normalized spacial score (nSPS) is 34.7. The van der Waals surface area contributed by atoms with Crippen LogP contribution in [0.3, 0.4) is 0 Å². The highest BCUT2D eigenvalue weighted by Gasteiger charge is 2.58. The van der Waals surface area contributed by atoms with Gasteiger partial charge in [-0.1, -0.05) is 72.8 Å². The molecule has 5 atom stereocenters. The molecule has 238 valence electrons. The molecule has 0 spiro atoms. The number of hydrogen-bond donors (Lipinski definition) is 0. The molecular formula is C44H47N2O+. The first-order chi connectivity index (χ1) is 23.1. The fraction of sp³-hybridized carbons (Fsp3) is 0.432. The zero-order chi connectivity index (χ0) is 31.2. The molecule has 12 rings (SSSR count). The zero-order valence-electron chi connectivity index (χ0n) is 27.6. The first-order valence-corrected chi connectivity index (χ1v) is 18.5. The van der Waals surface area contributed by atoms with Crippen LogP contribution >= 0.6 is 0 Å². The Morgan fingerprint density at radius 2 is 1.45 bits per heavy atom. The number of para-hydroxylation sites is 1. The monoisotopic (exact) mass is 619 g/mol. The van der Waals surface area contributed by atoms with Gasteiger partial charge in [0.1, 0.15) is 18.7 Å². The Balaban J connectivity index is 1.15. The maximum Gasteiger partial charge on any atom is 0.136 e. The molecule has 47 heavy (non-hydrogen) atoms. The van der Waals surface area contributed by atoms with Gasteiger partial charge in [0.25, 0.3) is 0 Å². The van der Waals surface area contributed by atoms with E-state index in [-0.39, 0.29) is 11.7 Å². The Kier molecular flexibility index (Phi) is 6.51. The van der Waals surface area contributed by atoms with Gasteiger partial charge < -0.3 is 9.22 Å². The lowest BCUT2D eigenvalue weighted by Crippen LogP contribution is -2.68. The molecule has 4 aliphatic carbocycles. The summed E-state index contributed by atoms with van der Waals surface area (Å²) in [6, 6.07) is 32.1. The summed E-state index contributed by atoms with van der Waals surface area (Å²) < 4.78 is 9.06. The lowest BCUT2D eigenvalue weighted by Gasteiger charge is -2.61. The van der Waals surface area contributed by atoms with Crippen molar-refractivity contribution in [3.63, 3.8) is 0 Å². The van der Waals surface area contributed by atoms with Gasteiger partial charge >= 0.3 is 0 Å². The molecule has 4 aromatic carbocycles. The number of rotatable bonds is 7. The van der Waals surface area contributed by atoms with Crippen LogP contribution in [0.15, 0.2) is 104 Å². The molecular weight excluding hydrogens is 572 g/mol. The summed E-state index contributed by atoms with van der Waals surface area (Å²) in [4.78, 5) is 4.85. The van der Waals surface area contributed by atoms with Crippen LogP contribution < -0.4 is 0 Å². The molecule has 5 aromatic rings. The molecule has 1 aromatic heterocycles. The number of ether oxygens (including phenoxy) is 1. The molecule has 4 heterocycles. The van der Waals surface area contributed by atoms with Crippen LogP contribution in [0.1, 0.15) is 68.6 Å². The number of fused-ring (bicyclic) bond motifs is 6. The highest BCUT2D eigenvalue weighted by molar-refractivity contribution is 6.02. The van der Waals surface area contributed by atoms with E-state index in [1.807, 2.05) is 0 Å². The van der Waals surface area contributed by atoms with Crippen LogP contribution in [0.5, 0.6) is 0 Å². The third-order valence-corrected chi connectivity index (χ3v) is 13.7. The average Bonchev–Trinajstić information content (AvgIpc) is 3.10. The number of aromatic nitrogens is 1. The first-order valence-electron chi connectivity index (χ1n) is 18.5. The van der Waals surface area contributed by atoms with Crippen LogP contribution in [0.4, 0.5) is 0 Å². The number of piperidine rings is 3. The van der Waals surface area contributed by atoms with Crippen molar-refractivity contribution in [2.75, 3.05) is 13.1 Å². The third kappa shape index (κ3) is 4.56. The summed E-state index contributed by atoms with van der Waals surface area (Å²) in [6.45, 7) is 7.80. The molecule has 7 aliphatic rings. The summed E-state index contributed by atoms with van der Waals surface area (Å²) in [5.74, 6) is 3.80. The van der Waals surface area contributed by atoms with Crippen molar-refractivity contribution in [1.82, 2.24) is 4.98 Å². The molecule has 0 radical (unpaired) electrons. The summed E-state index contributed by atoms with van der Waals surface area (Å²) >= 11 is 0. The third-order valence-electron chi connectivity index (χ3n) is 13.7. The predicted octanol–water partition coefficient (Wildman–Crippen LogP) is 10.2. The van der Waals surface area contributed by atoms with Crippen LogP contribution in [0.25, 0.3) is 32.4 Å². The largest absolute Gasteiger partial charge is 0.361 e. The van der Waals surface area contributed by atoms with Gasteiger partial charge in [-0.3, -0.25) is 4.98 Å². The summed E-state index contributed by atoms with van der Waals surface area (Å²) in [6.07, 6.45) is 15.0. The Morgan fingerprint density at radius 3 is 2.13 bits per heavy atom. The maximum atomic E-state index is 7.97. The minimum atomic E-state index is 0.0234. The predicted molar refractivity (Wildman–Crippen MR) is 192 cm³/mol. The van der Waals surface area contributed by atoms with Crippen molar-refractivity contribution in [2.45, 2.75) is 75.7 Å². The molecule has 0 amide bonds. The Morgan fingerprint density at radius 1 is 0.809 bits per heavy atom. The highest BCUT2D eigenvalue weighted by atomic mass is 16.5. The molecule has 6 bridgehead atoms. The second-order valence-corrected chi connectivity index (χ2v) is 16.4. The number of quaternary nitrogens is 1. The minimum Gasteiger partial charge on any atom is -0.361 e. The number of benzene rings is 4. The van der Waals surface area contributed by atoms with E-state index in [0.717, 1.165) is 40.8 Å². The van der Waals surface area contributed by atoms with E-state index in [0.29, 0.717) is 17.9 Å². The fourth-order valence-corrected chi connectivity index (χ4v) is 12.1. The van der Waals surface area contributed by atoms with Crippen molar-refractivity contribution in [3.05, 3.63) is 115 Å². The first kappa shape index (κ1) is 28.5. The van der Waals surface area contributed by atoms with Crippen LogP contribution in [0.2, 0.25) is 0 Å². The van der Waals surface area contributed by atoms with Crippen molar-refractivity contribution < 1.29 is 9.22 Å². The quantitative estimate of drug-likeness (QED) is 0.103.